The summed E-state index contributed by atoms with van der Waals surface area (Å²) in [5.41, 5.74) is 1.84. The lowest BCUT2D eigenvalue weighted by atomic mass is 9.99. The molecule has 1 amide bonds. The van der Waals surface area contributed by atoms with Crippen LogP contribution in [-0.4, -0.2) is 71.2 Å². The second-order valence-corrected chi connectivity index (χ2v) is 10.0. The molecule has 2 aliphatic rings. The molecule has 0 radical (unpaired) electrons. The standard InChI is InChI=1S/C19H23N7O4S/c1-31(28,29)26-8-12(9-26)2-5-21-19(27)16-14-10-25(7-4-15(14)30-24-16)18-13-3-6-20-17(13)22-11-23-18/h3,6,11-12H,2,4-5,7-10H2,1H3,(H,21,27)(H,20,22,23). The fourth-order valence-electron chi connectivity index (χ4n) is 4.13. The van der Waals surface area contributed by atoms with Crippen molar-refractivity contribution in [1.29, 1.82) is 0 Å². The minimum atomic E-state index is -3.12. The molecule has 164 valence electrons. The molecule has 0 aromatic carbocycles. The molecule has 0 spiro atoms. The Bertz CT molecular complexity index is 1230. The van der Waals surface area contributed by atoms with E-state index in [0.29, 0.717) is 44.8 Å². The number of fused-ring (bicyclic) bond motifs is 2. The average molecular weight is 446 g/mol. The van der Waals surface area contributed by atoms with Crippen molar-refractivity contribution in [3.8, 4) is 0 Å². The molecule has 5 heterocycles. The van der Waals surface area contributed by atoms with E-state index in [2.05, 4.69) is 30.3 Å². The zero-order chi connectivity index (χ0) is 21.6. The van der Waals surface area contributed by atoms with E-state index < -0.39 is 10.0 Å². The van der Waals surface area contributed by atoms with Crippen molar-refractivity contribution in [2.24, 2.45) is 5.92 Å². The number of carbonyl (C=O) groups is 1. The minimum absolute atomic E-state index is 0.262. The number of hydrogen-bond acceptors (Lipinski definition) is 8. The molecular weight excluding hydrogens is 422 g/mol. The lowest BCUT2D eigenvalue weighted by Crippen LogP contribution is -2.50. The smallest absolute Gasteiger partial charge is 0.273 e. The van der Waals surface area contributed by atoms with Crippen LogP contribution in [0.5, 0.6) is 0 Å². The Hall–Kier alpha value is -2.99. The van der Waals surface area contributed by atoms with Crippen molar-refractivity contribution in [3.63, 3.8) is 0 Å². The van der Waals surface area contributed by atoms with Crippen LogP contribution in [0.1, 0.15) is 28.2 Å². The molecular formula is C19H23N7O4S. The first-order chi connectivity index (χ1) is 14.9. The summed E-state index contributed by atoms with van der Waals surface area (Å²) in [5, 5.41) is 7.83. The first kappa shape index (κ1) is 19.9. The van der Waals surface area contributed by atoms with E-state index in [-0.39, 0.29) is 11.8 Å². The summed E-state index contributed by atoms with van der Waals surface area (Å²) in [6.07, 6.45) is 5.92. The molecule has 1 fully saturated rings. The van der Waals surface area contributed by atoms with Crippen LogP contribution < -0.4 is 10.2 Å². The number of aromatic nitrogens is 4. The largest absolute Gasteiger partial charge is 0.360 e. The molecule has 3 aromatic rings. The Morgan fingerprint density at radius 1 is 1.35 bits per heavy atom. The summed E-state index contributed by atoms with van der Waals surface area (Å²) in [5.74, 6) is 1.52. The van der Waals surface area contributed by atoms with Crippen LogP contribution in [0.25, 0.3) is 11.0 Å². The van der Waals surface area contributed by atoms with Crippen molar-refractivity contribution >= 4 is 32.8 Å². The molecule has 0 bridgehead atoms. The maximum atomic E-state index is 12.7. The molecule has 1 saturated heterocycles. The van der Waals surface area contributed by atoms with Gasteiger partial charge in [-0.15, -0.1) is 0 Å². The summed E-state index contributed by atoms with van der Waals surface area (Å²) < 4.78 is 29.8. The van der Waals surface area contributed by atoms with E-state index in [1.54, 1.807) is 0 Å². The van der Waals surface area contributed by atoms with Gasteiger partial charge in [0.05, 0.1) is 18.2 Å². The van der Waals surface area contributed by atoms with Crippen molar-refractivity contribution < 1.29 is 17.7 Å². The Labute approximate surface area is 178 Å². The molecule has 2 N–H and O–H groups in total. The summed E-state index contributed by atoms with van der Waals surface area (Å²) >= 11 is 0. The number of sulfonamides is 1. The van der Waals surface area contributed by atoms with Crippen molar-refractivity contribution in [1.82, 2.24) is 29.7 Å². The quantitative estimate of drug-likeness (QED) is 0.560. The lowest BCUT2D eigenvalue weighted by molar-refractivity contribution is 0.0935. The highest BCUT2D eigenvalue weighted by atomic mass is 32.2. The number of anilines is 1. The number of carbonyl (C=O) groups excluding carboxylic acids is 1. The van der Waals surface area contributed by atoms with E-state index in [4.69, 9.17) is 4.52 Å². The number of nitrogens with zero attached hydrogens (tertiary/aromatic N) is 5. The van der Waals surface area contributed by atoms with Gasteiger partial charge in [-0.2, -0.15) is 0 Å². The zero-order valence-corrected chi connectivity index (χ0v) is 17.9. The van der Waals surface area contributed by atoms with Gasteiger partial charge in [0, 0.05) is 44.4 Å². The molecule has 0 unspecified atom stereocenters. The predicted molar refractivity (Wildman–Crippen MR) is 112 cm³/mol. The Morgan fingerprint density at radius 2 is 2.19 bits per heavy atom. The Balaban J connectivity index is 1.22. The van der Waals surface area contributed by atoms with Crippen molar-refractivity contribution in [2.45, 2.75) is 19.4 Å². The number of aromatic amines is 1. The maximum Gasteiger partial charge on any atom is 0.273 e. The number of nitrogens with one attached hydrogen (secondary N) is 2. The lowest BCUT2D eigenvalue weighted by Gasteiger charge is -2.37. The Morgan fingerprint density at radius 3 is 3.00 bits per heavy atom. The summed E-state index contributed by atoms with van der Waals surface area (Å²) in [6.45, 7) is 2.66. The van der Waals surface area contributed by atoms with Gasteiger partial charge in [0.1, 0.15) is 23.6 Å². The average Bonchev–Trinajstić information content (AvgIpc) is 3.34. The highest BCUT2D eigenvalue weighted by molar-refractivity contribution is 7.88. The van der Waals surface area contributed by atoms with Gasteiger partial charge in [-0.25, -0.2) is 22.7 Å². The van der Waals surface area contributed by atoms with Gasteiger partial charge in [-0.05, 0) is 18.4 Å². The molecule has 3 aromatic heterocycles. The molecule has 31 heavy (non-hydrogen) atoms. The SMILES string of the molecule is CS(=O)(=O)N1CC(CCNC(=O)c2noc3c2CN(c2ncnc4[nH]ccc24)CC3)C1. The van der Waals surface area contributed by atoms with Crippen LogP contribution in [0.2, 0.25) is 0 Å². The highest BCUT2D eigenvalue weighted by Crippen LogP contribution is 2.29. The summed E-state index contributed by atoms with van der Waals surface area (Å²) in [6, 6.07) is 1.94. The van der Waals surface area contributed by atoms with E-state index in [1.165, 1.54) is 16.9 Å². The van der Waals surface area contributed by atoms with Crippen LogP contribution in [-0.2, 0) is 23.0 Å². The molecule has 0 atom stereocenters. The van der Waals surface area contributed by atoms with Gasteiger partial charge in [-0.1, -0.05) is 5.16 Å². The van der Waals surface area contributed by atoms with Crippen molar-refractivity contribution in [2.75, 3.05) is 37.3 Å². The molecule has 12 heteroatoms. The van der Waals surface area contributed by atoms with Crippen LogP contribution in [0.3, 0.4) is 0 Å². The third-order valence-electron chi connectivity index (χ3n) is 5.91. The normalized spacial score (nSPS) is 17.5. The molecule has 0 aliphatic carbocycles. The van der Waals surface area contributed by atoms with Crippen LogP contribution in [0.4, 0.5) is 5.82 Å². The monoisotopic (exact) mass is 445 g/mol. The minimum Gasteiger partial charge on any atom is -0.360 e. The van der Waals surface area contributed by atoms with Gasteiger partial charge in [0.15, 0.2) is 5.69 Å². The van der Waals surface area contributed by atoms with Gasteiger partial charge < -0.3 is 19.7 Å². The fourth-order valence-corrected chi connectivity index (χ4v) is 5.09. The fraction of sp³-hybridized carbons (Fsp3) is 0.474. The summed E-state index contributed by atoms with van der Waals surface area (Å²) in [4.78, 5) is 26.6. The first-order valence-corrected chi connectivity index (χ1v) is 12.0. The number of amides is 1. The molecule has 2 aliphatic heterocycles. The van der Waals surface area contributed by atoms with E-state index in [0.717, 1.165) is 34.6 Å². The van der Waals surface area contributed by atoms with E-state index >= 15 is 0 Å². The van der Waals surface area contributed by atoms with Crippen LogP contribution in [0.15, 0.2) is 23.1 Å². The zero-order valence-electron chi connectivity index (χ0n) is 17.0. The number of hydrogen-bond donors (Lipinski definition) is 2. The number of rotatable bonds is 6. The van der Waals surface area contributed by atoms with E-state index in [9.17, 15) is 13.2 Å². The Kier molecular flexibility index (Phi) is 4.89. The van der Waals surface area contributed by atoms with Gasteiger partial charge in [-0.3, -0.25) is 4.79 Å². The second-order valence-electron chi connectivity index (χ2n) is 8.03. The highest BCUT2D eigenvalue weighted by Gasteiger charge is 2.33. The van der Waals surface area contributed by atoms with Gasteiger partial charge >= 0.3 is 0 Å². The van der Waals surface area contributed by atoms with Crippen LogP contribution in [0, 0.1) is 5.92 Å². The summed E-state index contributed by atoms with van der Waals surface area (Å²) in [7, 11) is -3.12. The molecule has 11 nitrogen and oxygen atoms in total. The third kappa shape index (κ3) is 3.76. The van der Waals surface area contributed by atoms with Gasteiger partial charge in [0.2, 0.25) is 10.0 Å². The molecule has 5 rings (SSSR count). The van der Waals surface area contributed by atoms with Crippen molar-refractivity contribution in [3.05, 3.63) is 35.6 Å². The second kappa shape index (κ2) is 7.61. The molecule has 0 saturated carbocycles. The first-order valence-electron chi connectivity index (χ1n) is 10.1. The van der Waals surface area contributed by atoms with E-state index in [1.807, 2.05) is 12.3 Å². The third-order valence-corrected chi connectivity index (χ3v) is 7.14. The maximum absolute atomic E-state index is 12.7. The topological polar surface area (TPSA) is 137 Å². The van der Waals surface area contributed by atoms with Crippen LogP contribution >= 0.6 is 0 Å². The predicted octanol–water partition coefficient (Wildman–Crippen LogP) is 0.520. The number of H-pyrrole nitrogens is 1. The van der Waals surface area contributed by atoms with Gasteiger partial charge in [0.25, 0.3) is 5.91 Å².